The van der Waals surface area contributed by atoms with E-state index in [-0.39, 0.29) is 10.2 Å². The van der Waals surface area contributed by atoms with Gasteiger partial charge in [-0.2, -0.15) is 0 Å². The zero-order chi connectivity index (χ0) is 14.0. The lowest BCUT2D eigenvalue weighted by Crippen LogP contribution is -2.13. The minimum Gasteiger partial charge on any atom is -0.319 e. The van der Waals surface area contributed by atoms with Crippen LogP contribution in [0.1, 0.15) is 10.4 Å². The molecule has 1 N–H and O–H groups in total. The Morgan fingerprint density at radius 1 is 1.16 bits per heavy atom. The van der Waals surface area contributed by atoms with Gasteiger partial charge in [-0.25, -0.2) is 8.78 Å². The molecular weight excluding hydrogens is 431 g/mol. The van der Waals surface area contributed by atoms with Crippen molar-refractivity contribution in [3.63, 3.8) is 0 Å². The van der Waals surface area contributed by atoms with E-state index in [1.54, 1.807) is 18.2 Å². The van der Waals surface area contributed by atoms with Crippen molar-refractivity contribution < 1.29 is 13.6 Å². The van der Waals surface area contributed by atoms with Gasteiger partial charge >= 0.3 is 0 Å². The zero-order valence-corrected chi connectivity index (χ0v) is 13.1. The summed E-state index contributed by atoms with van der Waals surface area (Å²) in [4.78, 5) is 11.9. The van der Waals surface area contributed by atoms with Gasteiger partial charge in [0.05, 0.1) is 10.2 Å². The molecule has 0 unspecified atom stereocenters. The van der Waals surface area contributed by atoms with Crippen LogP contribution in [0.5, 0.6) is 0 Å². The first-order chi connectivity index (χ1) is 8.97. The van der Waals surface area contributed by atoms with Crippen LogP contribution in [0, 0.1) is 15.2 Å². The van der Waals surface area contributed by atoms with Gasteiger partial charge in [-0.15, -0.1) is 0 Å². The molecule has 0 radical (unpaired) electrons. The van der Waals surface area contributed by atoms with E-state index in [2.05, 4.69) is 43.8 Å². The van der Waals surface area contributed by atoms with E-state index in [9.17, 15) is 13.6 Å². The number of hydrogen-bond donors (Lipinski definition) is 1. The summed E-state index contributed by atoms with van der Waals surface area (Å²) in [6.45, 7) is 0. The topological polar surface area (TPSA) is 29.1 Å². The van der Waals surface area contributed by atoms with Crippen LogP contribution in [0.15, 0.2) is 40.9 Å². The second kappa shape index (κ2) is 5.96. The molecule has 0 bridgehead atoms. The molecule has 6 heteroatoms. The van der Waals surface area contributed by atoms with Crippen molar-refractivity contribution >= 4 is 50.1 Å². The molecule has 98 valence electrons. The Morgan fingerprint density at radius 3 is 2.58 bits per heavy atom. The molecule has 0 saturated carbocycles. The number of rotatable bonds is 2. The van der Waals surface area contributed by atoms with Crippen LogP contribution in [0.2, 0.25) is 0 Å². The van der Waals surface area contributed by atoms with E-state index in [0.717, 1.165) is 3.57 Å². The zero-order valence-electron chi connectivity index (χ0n) is 9.38. The minimum atomic E-state index is -0.820. The van der Waals surface area contributed by atoms with Crippen LogP contribution in [0.25, 0.3) is 0 Å². The van der Waals surface area contributed by atoms with E-state index >= 15 is 0 Å². The first-order valence-electron chi connectivity index (χ1n) is 5.19. The average Bonchev–Trinajstić information content (AvgIpc) is 2.36. The fraction of sp³-hybridized carbons (Fsp3) is 0. The molecule has 0 spiro atoms. The Morgan fingerprint density at radius 2 is 1.89 bits per heavy atom. The van der Waals surface area contributed by atoms with E-state index in [4.69, 9.17) is 0 Å². The number of hydrogen-bond acceptors (Lipinski definition) is 1. The van der Waals surface area contributed by atoms with E-state index in [1.807, 2.05) is 6.07 Å². The summed E-state index contributed by atoms with van der Waals surface area (Å²) < 4.78 is 27.6. The maximum Gasteiger partial charge on any atom is 0.255 e. The molecule has 2 aromatic carbocycles. The highest BCUT2D eigenvalue weighted by molar-refractivity contribution is 14.1. The summed E-state index contributed by atoms with van der Waals surface area (Å²) in [6, 6.07) is 8.77. The smallest absolute Gasteiger partial charge is 0.255 e. The summed E-state index contributed by atoms with van der Waals surface area (Å²) in [5.41, 5.74) is 0.337. The number of carbonyl (C=O) groups excluding carboxylic acids is 1. The highest BCUT2D eigenvalue weighted by Gasteiger charge is 2.12. The van der Waals surface area contributed by atoms with Gasteiger partial charge in [0.15, 0.2) is 0 Å². The van der Waals surface area contributed by atoms with Crippen molar-refractivity contribution in [1.29, 1.82) is 0 Å². The average molecular weight is 438 g/mol. The second-order valence-electron chi connectivity index (χ2n) is 3.71. The van der Waals surface area contributed by atoms with Crippen LogP contribution < -0.4 is 5.32 Å². The van der Waals surface area contributed by atoms with Gasteiger partial charge in [0.2, 0.25) is 0 Å². The molecule has 0 saturated heterocycles. The fourth-order valence-corrected chi connectivity index (χ4v) is 2.33. The number of halogens is 4. The van der Waals surface area contributed by atoms with Crippen molar-refractivity contribution in [1.82, 2.24) is 0 Å². The van der Waals surface area contributed by atoms with Crippen LogP contribution >= 0.6 is 38.5 Å². The van der Waals surface area contributed by atoms with Gasteiger partial charge < -0.3 is 5.32 Å². The van der Waals surface area contributed by atoms with Crippen LogP contribution in [0.4, 0.5) is 14.5 Å². The Hall–Kier alpha value is -1.02. The lowest BCUT2D eigenvalue weighted by molar-refractivity contribution is 0.102. The largest absolute Gasteiger partial charge is 0.319 e. The molecule has 2 rings (SSSR count). The highest BCUT2D eigenvalue weighted by Crippen LogP contribution is 2.24. The predicted molar refractivity (Wildman–Crippen MR) is 81.2 cm³/mol. The van der Waals surface area contributed by atoms with Crippen LogP contribution in [-0.2, 0) is 0 Å². The molecule has 2 nitrogen and oxygen atoms in total. The fourth-order valence-electron chi connectivity index (χ4n) is 1.44. The van der Waals surface area contributed by atoms with Gasteiger partial charge in [0.25, 0.3) is 5.91 Å². The van der Waals surface area contributed by atoms with Crippen molar-refractivity contribution in [3.8, 4) is 0 Å². The summed E-state index contributed by atoms with van der Waals surface area (Å²) in [6.07, 6.45) is 0. The third kappa shape index (κ3) is 3.50. The third-order valence-electron chi connectivity index (χ3n) is 2.34. The molecule has 0 aromatic heterocycles. The lowest BCUT2D eigenvalue weighted by Gasteiger charge is -2.08. The van der Waals surface area contributed by atoms with Crippen molar-refractivity contribution in [2.75, 3.05) is 5.32 Å². The second-order valence-corrected chi connectivity index (χ2v) is 5.81. The minimum absolute atomic E-state index is 0.0721. The molecule has 0 aliphatic rings. The summed E-state index contributed by atoms with van der Waals surface area (Å²) in [5.74, 6) is -1.99. The monoisotopic (exact) mass is 437 g/mol. The van der Waals surface area contributed by atoms with Gasteiger partial charge in [0.1, 0.15) is 11.6 Å². The molecule has 19 heavy (non-hydrogen) atoms. The normalized spacial score (nSPS) is 10.3. The Kier molecular flexibility index (Phi) is 4.51. The molecule has 0 heterocycles. The summed E-state index contributed by atoms with van der Waals surface area (Å²) >= 11 is 5.02. The maximum atomic E-state index is 13.5. The van der Waals surface area contributed by atoms with Crippen molar-refractivity contribution in [2.45, 2.75) is 0 Å². The summed E-state index contributed by atoms with van der Waals surface area (Å²) in [7, 11) is 0. The van der Waals surface area contributed by atoms with Gasteiger partial charge in [-0.3, -0.25) is 4.79 Å². The Labute approximate surface area is 130 Å². The van der Waals surface area contributed by atoms with Crippen LogP contribution in [0.3, 0.4) is 0 Å². The number of carbonyl (C=O) groups is 1. The molecule has 0 fully saturated rings. The Bertz CT molecular complexity index is 649. The first kappa shape index (κ1) is 14.4. The lowest BCUT2D eigenvalue weighted by atomic mass is 10.2. The maximum absolute atomic E-state index is 13.5. The van der Waals surface area contributed by atoms with Gasteiger partial charge in [-0.05, 0) is 62.8 Å². The van der Waals surface area contributed by atoms with E-state index < -0.39 is 17.5 Å². The molecule has 0 atom stereocenters. The molecule has 2 aromatic rings. The molecule has 1 amide bonds. The Balaban J connectivity index is 2.27. The first-order valence-corrected chi connectivity index (χ1v) is 7.06. The van der Waals surface area contributed by atoms with E-state index in [0.29, 0.717) is 11.6 Å². The molecule has 0 aliphatic heterocycles. The van der Waals surface area contributed by atoms with Crippen molar-refractivity contribution in [2.24, 2.45) is 0 Å². The number of benzene rings is 2. The molecule has 0 aliphatic carbocycles. The number of anilines is 1. The molecular formula is C13H7BrF2INO. The van der Waals surface area contributed by atoms with Gasteiger partial charge in [0, 0.05) is 15.2 Å². The number of amides is 1. The summed E-state index contributed by atoms with van der Waals surface area (Å²) in [5, 5.41) is 2.41. The number of nitrogens with one attached hydrogen (secondary N) is 1. The standard InChI is InChI=1S/C13H7BrF2INO/c14-9-5-12(11(16)6-10(9)15)18-13(19)7-2-1-3-8(17)4-7/h1-6H,(H,18,19). The third-order valence-corrected chi connectivity index (χ3v) is 3.62. The van der Waals surface area contributed by atoms with Gasteiger partial charge in [-0.1, -0.05) is 6.07 Å². The van der Waals surface area contributed by atoms with E-state index in [1.165, 1.54) is 6.07 Å². The van der Waals surface area contributed by atoms with Crippen LogP contribution in [-0.4, -0.2) is 5.91 Å². The van der Waals surface area contributed by atoms with Crippen molar-refractivity contribution in [3.05, 3.63) is 61.6 Å². The quantitative estimate of drug-likeness (QED) is 0.540. The highest BCUT2D eigenvalue weighted by atomic mass is 127. The predicted octanol–water partition coefficient (Wildman–Crippen LogP) is 4.58. The SMILES string of the molecule is O=C(Nc1cc(Br)c(F)cc1F)c1cccc(I)c1.